The number of para-hydroxylation sites is 2. The molecule has 0 saturated carbocycles. The first-order chi connectivity index (χ1) is 12.5. The Morgan fingerprint density at radius 2 is 1.96 bits per heavy atom. The van der Waals surface area contributed by atoms with Crippen LogP contribution in [-0.2, 0) is 12.0 Å². The van der Waals surface area contributed by atoms with Crippen LogP contribution >= 0.6 is 24.0 Å². The molecule has 1 atom stereocenters. The number of hydrogen-bond acceptors (Lipinski definition) is 5. The number of nitrogens with zero attached hydrogens (tertiary/aromatic N) is 2. The van der Waals surface area contributed by atoms with Gasteiger partial charge in [0.2, 0.25) is 5.89 Å². The van der Waals surface area contributed by atoms with Crippen molar-refractivity contribution in [3.8, 4) is 11.5 Å². The standard InChI is InChI=1S/C19H26N4O3.HI/c1-19(2,3)16-10-21-17(26-16)11-23-18(20-4)22-9-13-12-24-14-7-5-6-8-15(14)25-13;/h5-8,10,13H,9,11-12H2,1-4H3,(H2,20,22,23);1H. The molecule has 8 heteroatoms. The highest BCUT2D eigenvalue weighted by Crippen LogP contribution is 2.30. The molecule has 0 radical (unpaired) electrons. The van der Waals surface area contributed by atoms with Gasteiger partial charge in [-0.2, -0.15) is 0 Å². The second-order valence-electron chi connectivity index (χ2n) is 7.17. The summed E-state index contributed by atoms with van der Waals surface area (Å²) in [6, 6.07) is 7.67. The Hall–Kier alpha value is -1.97. The maximum Gasteiger partial charge on any atom is 0.213 e. The van der Waals surface area contributed by atoms with Crippen LogP contribution in [0.3, 0.4) is 0 Å². The molecule has 1 aliphatic heterocycles. The molecule has 2 aromatic rings. The van der Waals surface area contributed by atoms with Gasteiger partial charge in [-0.25, -0.2) is 4.98 Å². The van der Waals surface area contributed by atoms with Crippen molar-refractivity contribution >= 4 is 29.9 Å². The van der Waals surface area contributed by atoms with E-state index in [1.807, 2.05) is 24.3 Å². The molecule has 27 heavy (non-hydrogen) atoms. The number of ether oxygens (including phenoxy) is 2. The van der Waals surface area contributed by atoms with E-state index in [4.69, 9.17) is 13.9 Å². The van der Waals surface area contributed by atoms with E-state index in [1.165, 1.54) is 0 Å². The maximum atomic E-state index is 5.93. The van der Waals surface area contributed by atoms with Crippen LogP contribution in [0.5, 0.6) is 11.5 Å². The van der Waals surface area contributed by atoms with Gasteiger partial charge in [0.15, 0.2) is 17.5 Å². The molecule has 0 spiro atoms. The van der Waals surface area contributed by atoms with Gasteiger partial charge < -0.3 is 24.5 Å². The van der Waals surface area contributed by atoms with Crippen LogP contribution in [0.2, 0.25) is 0 Å². The summed E-state index contributed by atoms with van der Waals surface area (Å²) in [5, 5.41) is 6.44. The third kappa shape index (κ3) is 5.75. The van der Waals surface area contributed by atoms with Crippen molar-refractivity contribution in [1.29, 1.82) is 0 Å². The third-order valence-electron chi connectivity index (χ3n) is 3.99. The van der Waals surface area contributed by atoms with Crippen molar-refractivity contribution in [1.82, 2.24) is 15.6 Å². The van der Waals surface area contributed by atoms with Gasteiger partial charge in [0.05, 0.1) is 19.3 Å². The summed E-state index contributed by atoms with van der Waals surface area (Å²) in [5.41, 5.74) is -0.0558. The molecule has 0 amide bonds. The number of benzene rings is 1. The lowest BCUT2D eigenvalue weighted by molar-refractivity contribution is 0.0936. The first kappa shape index (κ1) is 21.3. The molecule has 7 nitrogen and oxygen atoms in total. The highest BCUT2D eigenvalue weighted by Gasteiger charge is 2.21. The molecule has 1 unspecified atom stereocenters. The van der Waals surface area contributed by atoms with Gasteiger partial charge in [-0.15, -0.1) is 24.0 Å². The smallest absolute Gasteiger partial charge is 0.213 e. The summed E-state index contributed by atoms with van der Waals surface area (Å²) in [7, 11) is 1.72. The van der Waals surface area contributed by atoms with Crippen LogP contribution in [0, 0.1) is 0 Å². The molecule has 0 bridgehead atoms. The number of aromatic nitrogens is 1. The molecule has 2 N–H and O–H groups in total. The monoisotopic (exact) mass is 486 g/mol. The highest BCUT2D eigenvalue weighted by molar-refractivity contribution is 14.0. The fraction of sp³-hybridized carbons (Fsp3) is 0.474. The molecule has 1 aliphatic rings. The average molecular weight is 486 g/mol. The number of aliphatic imine (C=N–C) groups is 1. The summed E-state index contributed by atoms with van der Waals surface area (Å²) < 4.78 is 17.4. The molecule has 3 rings (SSSR count). The lowest BCUT2D eigenvalue weighted by Gasteiger charge is -2.27. The van der Waals surface area contributed by atoms with Crippen LogP contribution < -0.4 is 20.1 Å². The van der Waals surface area contributed by atoms with Crippen molar-refractivity contribution in [2.75, 3.05) is 20.2 Å². The first-order valence-electron chi connectivity index (χ1n) is 8.74. The number of hydrogen-bond donors (Lipinski definition) is 2. The number of halogens is 1. The van der Waals surface area contributed by atoms with Crippen LogP contribution in [-0.4, -0.2) is 37.2 Å². The van der Waals surface area contributed by atoms with Gasteiger partial charge in [-0.3, -0.25) is 4.99 Å². The van der Waals surface area contributed by atoms with Crippen LogP contribution in [0.1, 0.15) is 32.4 Å². The average Bonchev–Trinajstić information content (AvgIpc) is 3.11. The number of oxazole rings is 1. The Balaban J connectivity index is 0.00000261. The largest absolute Gasteiger partial charge is 0.486 e. The van der Waals surface area contributed by atoms with Crippen LogP contribution in [0.4, 0.5) is 0 Å². The number of fused-ring (bicyclic) bond motifs is 1. The van der Waals surface area contributed by atoms with Crippen molar-refractivity contribution < 1.29 is 13.9 Å². The Labute approximate surface area is 177 Å². The van der Waals surface area contributed by atoms with E-state index in [-0.39, 0.29) is 35.5 Å². The fourth-order valence-corrected chi connectivity index (χ4v) is 2.49. The zero-order valence-corrected chi connectivity index (χ0v) is 18.4. The molecule has 0 saturated heterocycles. The SMILES string of the molecule is CN=C(NCc1ncc(C(C)(C)C)o1)NCC1COc2ccccc2O1.I. The quantitative estimate of drug-likeness (QED) is 0.393. The second-order valence-corrected chi connectivity index (χ2v) is 7.17. The van der Waals surface area contributed by atoms with Crippen molar-refractivity contribution in [2.45, 2.75) is 38.8 Å². The van der Waals surface area contributed by atoms with Crippen LogP contribution in [0.25, 0.3) is 0 Å². The summed E-state index contributed by atoms with van der Waals surface area (Å²) in [5.74, 6) is 3.70. The molecule has 0 fully saturated rings. The lowest BCUT2D eigenvalue weighted by Crippen LogP contribution is -2.45. The number of nitrogens with one attached hydrogen (secondary N) is 2. The van der Waals surface area contributed by atoms with E-state index in [2.05, 4.69) is 41.4 Å². The van der Waals surface area contributed by atoms with Gasteiger partial charge in [0.1, 0.15) is 18.5 Å². The summed E-state index contributed by atoms with van der Waals surface area (Å²) >= 11 is 0. The van der Waals surface area contributed by atoms with Gasteiger partial charge in [0, 0.05) is 12.5 Å². The Bertz CT molecular complexity index is 770. The predicted octanol–water partition coefficient (Wildman–Crippen LogP) is 3.10. The lowest BCUT2D eigenvalue weighted by atomic mass is 9.94. The number of guanidine groups is 1. The second kappa shape index (κ2) is 9.29. The van der Waals surface area contributed by atoms with Crippen LogP contribution in [0.15, 0.2) is 39.9 Å². The van der Waals surface area contributed by atoms with Gasteiger partial charge in [0.25, 0.3) is 0 Å². The summed E-state index contributed by atoms with van der Waals surface area (Å²) in [4.78, 5) is 8.52. The Morgan fingerprint density at radius 3 is 2.63 bits per heavy atom. The van der Waals surface area contributed by atoms with E-state index in [9.17, 15) is 0 Å². The molecule has 148 valence electrons. The van der Waals surface area contributed by atoms with Gasteiger partial charge in [-0.05, 0) is 12.1 Å². The molecule has 2 heterocycles. The number of rotatable bonds is 4. The van der Waals surface area contributed by atoms with E-state index < -0.39 is 0 Å². The minimum absolute atomic E-state index is 0. The summed E-state index contributed by atoms with van der Waals surface area (Å²) in [6.45, 7) is 7.81. The Morgan fingerprint density at radius 1 is 1.22 bits per heavy atom. The maximum absolute atomic E-state index is 5.93. The van der Waals surface area contributed by atoms with E-state index >= 15 is 0 Å². The zero-order valence-electron chi connectivity index (χ0n) is 16.1. The first-order valence-corrected chi connectivity index (χ1v) is 8.74. The highest BCUT2D eigenvalue weighted by atomic mass is 127. The van der Waals surface area contributed by atoms with Gasteiger partial charge >= 0.3 is 0 Å². The normalized spacial score (nSPS) is 16.4. The van der Waals surface area contributed by atoms with E-state index in [1.54, 1.807) is 13.2 Å². The molecule has 1 aromatic heterocycles. The van der Waals surface area contributed by atoms with Crippen molar-refractivity contribution in [3.05, 3.63) is 42.1 Å². The van der Waals surface area contributed by atoms with Crippen molar-refractivity contribution in [2.24, 2.45) is 4.99 Å². The molecule has 1 aromatic carbocycles. The van der Waals surface area contributed by atoms with E-state index in [0.717, 1.165) is 17.3 Å². The molecular weight excluding hydrogens is 459 g/mol. The zero-order chi connectivity index (χ0) is 18.6. The minimum atomic E-state index is -0.0855. The fourth-order valence-electron chi connectivity index (χ4n) is 2.49. The van der Waals surface area contributed by atoms with Gasteiger partial charge in [-0.1, -0.05) is 32.9 Å². The Kier molecular flexibility index (Phi) is 7.34. The molecule has 0 aliphatic carbocycles. The van der Waals surface area contributed by atoms with E-state index in [0.29, 0.717) is 31.5 Å². The van der Waals surface area contributed by atoms with Crippen molar-refractivity contribution in [3.63, 3.8) is 0 Å². The third-order valence-corrected chi connectivity index (χ3v) is 3.99. The minimum Gasteiger partial charge on any atom is -0.486 e. The molecular formula is C19H27IN4O3. The predicted molar refractivity (Wildman–Crippen MR) is 115 cm³/mol. The topological polar surface area (TPSA) is 80.9 Å². The summed E-state index contributed by atoms with van der Waals surface area (Å²) in [6.07, 6.45) is 1.69.